The molecule has 0 N–H and O–H groups in total. The standard InChI is InChI=1S/C16H13N3/c1-11-8-12(2)18-16-15(11)13(9-17)10-19(16)14-6-4-3-5-7-14/h3-8,10H,1-2H3. The van der Waals surface area contributed by atoms with Crippen LogP contribution in [0.2, 0.25) is 0 Å². The zero-order chi connectivity index (χ0) is 13.4. The lowest BCUT2D eigenvalue weighted by Gasteiger charge is -2.05. The molecule has 0 aliphatic carbocycles. The van der Waals surface area contributed by atoms with Crippen LogP contribution in [0, 0.1) is 25.2 Å². The predicted octanol–water partition coefficient (Wildman–Crippen LogP) is 3.51. The summed E-state index contributed by atoms with van der Waals surface area (Å²) in [7, 11) is 0. The highest BCUT2D eigenvalue weighted by Gasteiger charge is 2.13. The molecule has 2 aromatic heterocycles. The van der Waals surface area contributed by atoms with E-state index in [9.17, 15) is 5.26 Å². The van der Waals surface area contributed by atoms with Crippen molar-refractivity contribution in [1.82, 2.24) is 9.55 Å². The van der Waals surface area contributed by atoms with Crippen LogP contribution >= 0.6 is 0 Å². The first-order valence-electron chi connectivity index (χ1n) is 6.15. The van der Waals surface area contributed by atoms with Crippen LogP contribution in [0.15, 0.2) is 42.6 Å². The van der Waals surface area contributed by atoms with E-state index in [1.54, 1.807) is 0 Å². The van der Waals surface area contributed by atoms with Gasteiger partial charge in [0, 0.05) is 23.0 Å². The Labute approximate surface area is 111 Å². The minimum Gasteiger partial charge on any atom is -0.300 e. The molecule has 0 saturated carbocycles. The smallest absolute Gasteiger partial charge is 0.146 e. The van der Waals surface area contributed by atoms with E-state index < -0.39 is 0 Å². The molecule has 0 amide bonds. The van der Waals surface area contributed by atoms with Gasteiger partial charge in [0.25, 0.3) is 0 Å². The van der Waals surface area contributed by atoms with Crippen molar-refractivity contribution in [3.63, 3.8) is 0 Å². The average molecular weight is 247 g/mol. The normalized spacial score (nSPS) is 10.6. The molecule has 3 rings (SSSR count). The molecule has 0 unspecified atom stereocenters. The molecule has 0 aliphatic heterocycles. The molecule has 0 saturated heterocycles. The summed E-state index contributed by atoms with van der Waals surface area (Å²) >= 11 is 0. The number of hydrogen-bond acceptors (Lipinski definition) is 2. The molecule has 0 fully saturated rings. The number of fused-ring (bicyclic) bond motifs is 1. The first-order valence-corrected chi connectivity index (χ1v) is 6.15. The quantitative estimate of drug-likeness (QED) is 0.660. The molecule has 0 aliphatic rings. The molecular formula is C16H13N3. The Morgan fingerprint density at radius 2 is 1.89 bits per heavy atom. The number of benzene rings is 1. The Kier molecular flexibility index (Phi) is 2.57. The number of rotatable bonds is 1. The lowest BCUT2D eigenvalue weighted by Crippen LogP contribution is -1.95. The Balaban J connectivity index is 2.42. The van der Waals surface area contributed by atoms with Gasteiger partial charge in [-0.3, -0.25) is 4.57 Å². The van der Waals surface area contributed by atoms with Crippen molar-refractivity contribution in [3.8, 4) is 11.8 Å². The van der Waals surface area contributed by atoms with Gasteiger partial charge in [0.1, 0.15) is 11.7 Å². The fraction of sp³-hybridized carbons (Fsp3) is 0.125. The minimum atomic E-state index is 0.670. The fourth-order valence-electron chi connectivity index (χ4n) is 2.45. The molecule has 1 aromatic carbocycles. The lowest BCUT2D eigenvalue weighted by atomic mass is 10.1. The van der Waals surface area contributed by atoms with Crippen molar-refractivity contribution >= 4 is 11.0 Å². The summed E-state index contributed by atoms with van der Waals surface area (Å²) in [4.78, 5) is 4.59. The first kappa shape index (κ1) is 11.5. The van der Waals surface area contributed by atoms with Gasteiger partial charge in [-0.15, -0.1) is 0 Å². The van der Waals surface area contributed by atoms with E-state index in [2.05, 4.69) is 11.1 Å². The molecule has 92 valence electrons. The van der Waals surface area contributed by atoms with Gasteiger partial charge in [-0.1, -0.05) is 18.2 Å². The molecule has 2 heterocycles. The van der Waals surface area contributed by atoms with Crippen LogP contribution in [-0.2, 0) is 0 Å². The lowest BCUT2D eigenvalue weighted by molar-refractivity contribution is 1.07. The molecule has 3 heteroatoms. The van der Waals surface area contributed by atoms with Gasteiger partial charge in [-0.05, 0) is 37.6 Å². The Bertz CT molecular complexity index is 792. The number of nitrogens with zero attached hydrogens (tertiary/aromatic N) is 3. The first-order chi connectivity index (χ1) is 9.20. The number of para-hydroxylation sites is 1. The Morgan fingerprint density at radius 1 is 1.16 bits per heavy atom. The van der Waals surface area contributed by atoms with Gasteiger partial charge in [-0.2, -0.15) is 5.26 Å². The second kappa shape index (κ2) is 4.25. The van der Waals surface area contributed by atoms with E-state index in [1.807, 2.05) is 61.0 Å². The van der Waals surface area contributed by atoms with Gasteiger partial charge in [-0.25, -0.2) is 4.98 Å². The van der Waals surface area contributed by atoms with Crippen molar-refractivity contribution in [3.05, 3.63) is 59.4 Å². The van der Waals surface area contributed by atoms with Crippen molar-refractivity contribution in [2.24, 2.45) is 0 Å². The molecule has 0 bridgehead atoms. The summed E-state index contributed by atoms with van der Waals surface area (Å²) in [6.07, 6.45) is 1.86. The third-order valence-electron chi connectivity index (χ3n) is 3.24. The van der Waals surface area contributed by atoms with Crippen molar-refractivity contribution in [1.29, 1.82) is 5.26 Å². The van der Waals surface area contributed by atoms with Crippen molar-refractivity contribution in [2.75, 3.05) is 0 Å². The molecule has 0 radical (unpaired) electrons. The SMILES string of the molecule is Cc1cc(C)c2c(C#N)cn(-c3ccccc3)c2n1. The number of aromatic nitrogens is 2. The summed E-state index contributed by atoms with van der Waals surface area (Å²) in [5, 5.41) is 10.2. The van der Waals surface area contributed by atoms with E-state index in [4.69, 9.17) is 0 Å². The third kappa shape index (κ3) is 1.78. The maximum atomic E-state index is 9.30. The van der Waals surface area contributed by atoms with Gasteiger partial charge in [0.15, 0.2) is 0 Å². The van der Waals surface area contributed by atoms with Crippen LogP contribution in [0.25, 0.3) is 16.7 Å². The van der Waals surface area contributed by atoms with Crippen LogP contribution in [0.5, 0.6) is 0 Å². The van der Waals surface area contributed by atoms with Crippen molar-refractivity contribution in [2.45, 2.75) is 13.8 Å². The topological polar surface area (TPSA) is 41.6 Å². The maximum absolute atomic E-state index is 9.30. The maximum Gasteiger partial charge on any atom is 0.146 e. The number of hydrogen-bond donors (Lipinski definition) is 0. The second-order valence-corrected chi connectivity index (χ2v) is 4.64. The van der Waals surface area contributed by atoms with Gasteiger partial charge < -0.3 is 0 Å². The summed E-state index contributed by atoms with van der Waals surface area (Å²) in [5.41, 5.74) is 4.59. The van der Waals surface area contributed by atoms with E-state index >= 15 is 0 Å². The second-order valence-electron chi connectivity index (χ2n) is 4.64. The molecule has 19 heavy (non-hydrogen) atoms. The average Bonchev–Trinajstić information content (AvgIpc) is 2.78. The summed E-state index contributed by atoms with van der Waals surface area (Å²) in [5.74, 6) is 0. The van der Waals surface area contributed by atoms with Gasteiger partial charge in [0.05, 0.1) is 5.56 Å². The van der Waals surface area contributed by atoms with Gasteiger partial charge >= 0.3 is 0 Å². The largest absolute Gasteiger partial charge is 0.300 e. The van der Waals surface area contributed by atoms with E-state index in [-0.39, 0.29) is 0 Å². The number of pyridine rings is 1. The third-order valence-corrected chi connectivity index (χ3v) is 3.24. The number of aryl methyl sites for hydroxylation is 2. The zero-order valence-electron chi connectivity index (χ0n) is 10.9. The molecule has 0 spiro atoms. The van der Waals surface area contributed by atoms with E-state index in [1.165, 1.54) is 0 Å². The summed E-state index contributed by atoms with van der Waals surface area (Å²) in [6.45, 7) is 3.99. The molecule has 3 aromatic rings. The van der Waals surface area contributed by atoms with Gasteiger partial charge in [0.2, 0.25) is 0 Å². The molecule has 3 nitrogen and oxygen atoms in total. The van der Waals surface area contributed by atoms with Crippen LogP contribution < -0.4 is 0 Å². The zero-order valence-corrected chi connectivity index (χ0v) is 10.9. The van der Waals surface area contributed by atoms with Crippen LogP contribution in [-0.4, -0.2) is 9.55 Å². The number of nitriles is 1. The van der Waals surface area contributed by atoms with Crippen LogP contribution in [0.3, 0.4) is 0 Å². The Hall–Kier alpha value is -2.60. The summed E-state index contributed by atoms with van der Waals surface area (Å²) in [6, 6.07) is 14.2. The van der Waals surface area contributed by atoms with E-state index in [0.717, 1.165) is 28.0 Å². The molecule has 0 atom stereocenters. The predicted molar refractivity (Wildman–Crippen MR) is 75.3 cm³/mol. The minimum absolute atomic E-state index is 0.670. The summed E-state index contributed by atoms with van der Waals surface area (Å²) < 4.78 is 1.98. The van der Waals surface area contributed by atoms with Crippen LogP contribution in [0.4, 0.5) is 0 Å². The molecular weight excluding hydrogens is 234 g/mol. The fourth-order valence-corrected chi connectivity index (χ4v) is 2.45. The van der Waals surface area contributed by atoms with E-state index in [0.29, 0.717) is 5.56 Å². The highest BCUT2D eigenvalue weighted by Crippen LogP contribution is 2.26. The highest BCUT2D eigenvalue weighted by molar-refractivity contribution is 5.88. The monoisotopic (exact) mass is 247 g/mol. The highest BCUT2D eigenvalue weighted by atomic mass is 15.0. The Morgan fingerprint density at radius 3 is 2.58 bits per heavy atom. The van der Waals surface area contributed by atoms with Crippen molar-refractivity contribution < 1.29 is 0 Å². The van der Waals surface area contributed by atoms with Crippen LogP contribution in [0.1, 0.15) is 16.8 Å².